The molecule has 0 spiro atoms. The van der Waals surface area contributed by atoms with Crippen molar-refractivity contribution in [2.24, 2.45) is 40.5 Å². The molecule has 6 heterocycles. The number of oxime groups is 1. The molecule has 1 aliphatic carbocycles. The highest BCUT2D eigenvalue weighted by Crippen LogP contribution is 2.39. The number of nitrogens with one attached hydrogen (secondary N) is 2. The summed E-state index contributed by atoms with van der Waals surface area (Å²) in [6, 6.07) is 3.46. The lowest BCUT2D eigenvalue weighted by atomic mass is 9.80. The molecule has 3 fully saturated rings. The second-order valence-corrected chi connectivity index (χ2v) is 30.8. The van der Waals surface area contributed by atoms with Crippen molar-refractivity contribution in [2.45, 2.75) is 211 Å². The van der Waals surface area contributed by atoms with Crippen molar-refractivity contribution in [3.8, 4) is 11.3 Å². The lowest BCUT2D eigenvalue weighted by Crippen LogP contribution is -2.61. The zero-order valence-corrected chi connectivity index (χ0v) is 68.6. The van der Waals surface area contributed by atoms with E-state index in [9.17, 15) is 49.5 Å². The third kappa shape index (κ3) is 28.5. The molecule has 2 saturated heterocycles. The molecule has 116 heavy (non-hydrogen) atoms. The average molecular weight is 1630 g/mol. The minimum absolute atomic E-state index is 0.0295. The highest BCUT2D eigenvalue weighted by molar-refractivity contribution is 6.39. The minimum Gasteiger partial charge on any atom is -0.459 e. The number of cyclic esters (lactones) is 1. The number of unbranched alkanes of at least 4 members (excludes halogenated alkanes) is 1. The van der Waals surface area contributed by atoms with Crippen LogP contribution in [-0.4, -0.2) is 277 Å². The number of amides is 3. The Morgan fingerprint density at radius 2 is 1.43 bits per heavy atom. The van der Waals surface area contributed by atoms with Crippen molar-refractivity contribution < 1.29 is 106 Å². The monoisotopic (exact) mass is 1630 g/mol. The number of ether oxygens (including phenoxy) is 10. The molecule has 0 radical (unpaired) electrons. The molecular weight excluding hydrogens is 1500 g/mol. The molecule has 3 amide bonds. The van der Waals surface area contributed by atoms with Gasteiger partial charge in [-0.05, 0) is 132 Å². The van der Waals surface area contributed by atoms with Crippen LogP contribution in [0.25, 0.3) is 33.4 Å². The van der Waals surface area contributed by atoms with Gasteiger partial charge >= 0.3 is 5.97 Å². The summed E-state index contributed by atoms with van der Waals surface area (Å²) in [5, 5.41) is 74.0. The van der Waals surface area contributed by atoms with E-state index >= 15 is 0 Å². The summed E-state index contributed by atoms with van der Waals surface area (Å²) in [5.41, 5.74) is 23.3. The van der Waals surface area contributed by atoms with Crippen LogP contribution in [-0.2, 0) is 82.7 Å². The van der Waals surface area contributed by atoms with Gasteiger partial charge in [-0.25, -0.2) is 19.4 Å². The molecule has 3 aromatic heterocycles. The lowest BCUT2D eigenvalue weighted by Gasteiger charge is -2.42. The van der Waals surface area contributed by atoms with Crippen LogP contribution in [0.2, 0.25) is 0 Å². The number of Topliss-reactive ketones (excluding diaryl/α,β-unsaturated/α-hetero) is 1. The number of fused-ring (bicyclic) bond motifs is 5. The maximum atomic E-state index is 14.6. The zero-order chi connectivity index (χ0) is 83.7. The van der Waals surface area contributed by atoms with Gasteiger partial charge in [0.15, 0.2) is 17.8 Å². The van der Waals surface area contributed by atoms with E-state index in [1.54, 1.807) is 44.7 Å². The average Bonchev–Trinajstić information content (AvgIpc) is 1.45. The maximum Gasteiger partial charge on any atom is 0.329 e. The molecule has 3 aliphatic heterocycles. The lowest BCUT2D eigenvalue weighted by molar-refractivity contribution is -0.265. The Hall–Kier alpha value is -7.78. The summed E-state index contributed by atoms with van der Waals surface area (Å²) >= 11 is 0. The number of hydrogen-bond acceptors (Lipinski definition) is 30. The number of allylic oxidation sites excluding steroid dienone is 5. The number of aryl methyl sites for hydroxylation is 1. The first kappa shape index (κ1) is 93.7. The quantitative estimate of drug-likeness (QED) is 0.00938. The van der Waals surface area contributed by atoms with Crippen LogP contribution in [0.15, 0.2) is 81.7 Å². The number of hydrogen-bond donors (Lipinski definition) is 10. The normalized spacial score (nSPS) is 28.1. The predicted molar refractivity (Wildman–Crippen MR) is 430 cm³/mol. The number of nitrogens with two attached hydrogens (primary N) is 3. The Bertz CT molecular complexity index is 3890. The topological polar surface area (TPSA) is 475 Å². The van der Waals surface area contributed by atoms with E-state index in [1.807, 2.05) is 63.3 Å². The van der Waals surface area contributed by atoms with Crippen LogP contribution < -0.4 is 27.8 Å². The number of carbonyl (C=O) groups excluding carboxylic acids is 5. The van der Waals surface area contributed by atoms with Crippen molar-refractivity contribution in [2.75, 3.05) is 131 Å². The first-order valence-corrected chi connectivity index (χ1v) is 40.8. The van der Waals surface area contributed by atoms with Crippen LogP contribution in [0, 0.1) is 29.6 Å². The largest absolute Gasteiger partial charge is 0.459 e. The number of piperidine rings is 1. The third-order valence-electron chi connectivity index (χ3n) is 21.8. The van der Waals surface area contributed by atoms with Gasteiger partial charge in [0.2, 0.25) is 11.7 Å². The Kier molecular flexibility index (Phi) is 39.0. The second-order valence-electron chi connectivity index (χ2n) is 30.8. The molecule has 34 nitrogen and oxygen atoms in total. The zero-order valence-electron chi connectivity index (χ0n) is 68.6. The number of aliphatic hydroxyl groups excluding tert-OH is 4. The van der Waals surface area contributed by atoms with E-state index < -0.39 is 115 Å². The number of methoxy groups -OCH3 is 2. The first-order valence-electron chi connectivity index (χ1n) is 40.8. The van der Waals surface area contributed by atoms with Crippen LogP contribution in [0.3, 0.4) is 0 Å². The Labute approximate surface area is 678 Å². The molecule has 1 aromatic carbocycles. The summed E-state index contributed by atoms with van der Waals surface area (Å²) in [6.07, 6.45) is 10.7. The summed E-state index contributed by atoms with van der Waals surface area (Å²) in [5.74, 6) is -8.03. The van der Waals surface area contributed by atoms with Gasteiger partial charge < -0.3 is 115 Å². The molecule has 1 saturated carbocycles. The van der Waals surface area contributed by atoms with E-state index in [0.717, 1.165) is 22.5 Å². The van der Waals surface area contributed by atoms with E-state index in [2.05, 4.69) is 30.7 Å². The minimum atomic E-state index is -2.49. The number of anilines is 2. The third-order valence-corrected chi connectivity index (χ3v) is 21.8. The molecule has 13 N–H and O–H groups in total. The van der Waals surface area contributed by atoms with Gasteiger partial charge in [-0.1, -0.05) is 69.3 Å². The molecule has 4 aromatic rings. The fourth-order valence-corrected chi connectivity index (χ4v) is 15.0. The number of esters is 1. The van der Waals surface area contributed by atoms with Crippen LogP contribution in [0.5, 0.6) is 0 Å². The number of nitrogens with zero attached hydrogens (tertiary/aromatic N) is 7. The molecule has 2 bridgehead atoms. The van der Waals surface area contributed by atoms with Gasteiger partial charge in [0.25, 0.3) is 23.6 Å². The molecule has 16 atom stereocenters. The van der Waals surface area contributed by atoms with Crippen molar-refractivity contribution in [3.63, 3.8) is 0 Å². The number of oxazole rings is 1. The van der Waals surface area contributed by atoms with Gasteiger partial charge in [0.1, 0.15) is 47.7 Å². The van der Waals surface area contributed by atoms with E-state index in [0.29, 0.717) is 170 Å². The summed E-state index contributed by atoms with van der Waals surface area (Å²) in [6.45, 7) is 15.2. The predicted octanol–water partition coefficient (Wildman–Crippen LogP) is 5.13. The Morgan fingerprint density at radius 3 is 2.13 bits per heavy atom. The molecule has 4 aliphatic rings. The maximum absolute atomic E-state index is 14.6. The first-order chi connectivity index (χ1) is 55.8. The highest BCUT2D eigenvalue weighted by atomic mass is 16.6. The number of rotatable bonds is 35. The smallest absolute Gasteiger partial charge is 0.329 e. The molecular formula is C82H126N12O22. The molecule has 0 unspecified atom stereocenters. The highest BCUT2D eigenvalue weighted by Gasteiger charge is 2.53. The number of carbonyl (C=O) groups is 5. The number of aliphatic hydroxyl groups is 5. The number of aromatic nitrogens is 5. The van der Waals surface area contributed by atoms with Gasteiger partial charge in [-0.3, -0.25) is 19.2 Å². The van der Waals surface area contributed by atoms with Crippen LogP contribution in [0.4, 0.5) is 11.8 Å². The van der Waals surface area contributed by atoms with Gasteiger partial charge in [-0.2, -0.15) is 10.1 Å². The number of benzene rings is 1. The summed E-state index contributed by atoms with van der Waals surface area (Å²) < 4.78 is 64.7. The summed E-state index contributed by atoms with van der Waals surface area (Å²) in [4.78, 5) is 88.5. The van der Waals surface area contributed by atoms with Gasteiger partial charge in [0, 0.05) is 89.0 Å². The molecule has 646 valence electrons. The van der Waals surface area contributed by atoms with Crippen LogP contribution in [0.1, 0.15) is 138 Å². The number of nitrogen functional groups attached to an aromatic ring is 2. The van der Waals surface area contributed by atoms with Crippen molar-refractivity contribution >= 4 is 69.2 Å². The Balaban J connectivity index is 0.725. The summed E-state index contributed by atoms with van der Waals surface area (Å²) in [7, 11) is 3.08. The fraction of sp³-hybridized carbons (Fsp3) is 0.683. The number of ketones is 1. The van der Waals surface area contributed by atoms with Gasteiger partial charge in [0.05, 0.1) is 121 Å². The Morgan fingerprint density at radius 1 is 0.741 bits per heavy atom. The van der Waals surface area contributed by atoms with Crippen molar-refractivity contribution in [3.05, 3.63) is 72.1 Å². The van der Waals surface area contributed by atoms with Crippen molar-refractivity contribution in [1.82, 2.24) is 40.3 Å². The second kappa shape index (κ2) is 48.3. The van der Waals surface area contributed by atoms with E-state index in [-0.39, 0.29) is 93.6 Å². The standard InChI is InChI=1S/C82H126N12O22/c1-51-16-10-9-11-17-52(2)66(105-7)47-59-22-19-56(6)82(104,116-59)76(101)79(102)93-28-14-12-18-62(93)80(103)114-67(60(83)44-57-20-23-63(95)68(45-57)106-8)48-64(96)53(3)43-55(5)74(99)75(100)72(54(4)42-51)92-113-49-70(98)87-27-31-108-33-35-110-37-39-112-41-40-111-38-36-109-34-32-107-30-25-69(97)86-26-13-15-29-94-78-71(77(84)88-50-89-78)73(91-94)58-21-24-65-61(46-58)90-81(85)115-65/h9-11,16-17,21,24,43,46,50-51,53-54,56-57,59-60,62-64,66-68,74-75,95-96,99-100,104H,12-15,18-20,22-23,25-42,44-45,47-49,83H2,1-8H3,(H2,85,90)(H,86,97)(H,87,98)(H2,84,88,89)/b11-9?,16-10+,52-17?,55-43+,92-72+/t51-,53-,54-,56-,57+,59+,60-,62+,63-,64-,66+,67+,68-,74-,75+,82-/m1/s1. The van der Waals surface area contributed by atoms with Gasteiger partial charge in [-0.15, -0.1) is 0 Å². The molecule has 8 rings (SSSR count). The van der Waals surface area contributed by atoms with E-state index in [4.69, 9.17) is 78.9 Å². The fourth-order valence-electron chi connectivity index (χ4n) is 15.0. The van der Waals surface area contributed by atoms with E-state index in [1.165, 1.54) is 13.4 Å². The molecule has 34 heteroatoms. The SMILES string of the molecule is CO[C@H]1C[C@@H]2CC[C@@H](C)[C@@](O)(O2)C(=O)C(=O)N2CCCC[C@H]2C(=O)O[C@H]([C@H](N)C[C@@H]2CC[C@@H](O)[C@H](OC)C2)C[C@@H](O)[C@H](C)/C=C(\C)[C@@H](O)[C@@H](O)/C(=N/OCC(=O)NCCOCCOCCOCCOCCOCCOCCC(=O)NCCCCn2nc(-c3ccc4oc(N)nc4c3)c3c(N)ncnc32)[C@H](C)C[C@H](C)/C=C/C=CC=C1C. The van der Waals surface area contributed by atoms with Crippen molar-refractivity contribution in [1.29, 1.82) is 0 Å². The van der Waals surface area contributed by atoms with Crippen LogP contribution >= 0.6 is 0 Å².